The van der Waals surface area contributed by atoms with E-state index in [1.54, 1.807) is 6.07 Å². The summed E-state index contributed by atoms with van der Waals surface area (Å²) in [7, 11) is 1.39. The Kier molecular flexibility index (Phi) is 4.00. The summed E-state index contributed by atoms with van der Waals surface area (Å²) in [5.74, 6) is 1.36. The third kappa shape index (κ3) is 2.91. The van der Waals surface area contributed by atoms with E-state index in [-0.39, 0.29) is 12.1 Å². The van der Waals surface area contributed by atoms with Crippen molar-refractivity contribution in [1.82, 2.24) is 0 Å². The van der Waals surface area contributed by atoms with Crippen LogP contribution in [0.3, 0.4) is 0 Å². The van der Waals surface area contributed by atoms with Gasteiger partial charge in [0.2, 0.25) is 0 Å². The van der Waals surface area contributed by atoms with E-state index in [9.17, 15) is 4.79 Å². The summed E-state index contributed by atoms with van der Waals surface area (Å²) in [6.45, 7) is 2.41. The molecule has 0 amide bonds. The number of carbonyl (C=O) groups excluding carboxylic acids is 1. The van der Waals surface area contributed by atoms with Gasteiger partial charge < -0.3 is 14.2 Å². The van der Waals surface area contributed by atoms with E-state index >= 15 is 0 Å². The molecule has 0 saturated heterocycles. The molecule has 1 aliphatic rings. The fraction of sp³-hybridized carbons (Fsp3) is 0.278. The van der Waals surface area contributed by atoms with E-state index in [0.29, 0.717) is 12.2 Å². The van der Waals surface area contributed by atoms with Gasteiger partial charge in [-0.15, -0.1) is 0 Å². The Balaban J connectivity index is 1.70. The Morgan fingerprint density at radius 1 is 1.27 bits per heavy atom. The van der Waals surface area contributed by atoms with Crippen molar-refractivity contribution < 1.29 is 19.0 Å². The standard InChI is InChI=1S/C18H18O4/c1-12-8-14(18(19)20-2)9-13-10-16(22-17(12)13)11-21-15-6-4-3-5-7-15/h3-9,16H,10-11H2,1-2H3. The summed E-state index contributed by atoms with van der Waals surface area (Å²) in [5.41, 5.74) is 2.54. The lowest BCUT2D eigenvalue weighted by Crippen LogP contribution is -2.22. The number of ether oxygens (including phenoxy) is 3. The fourth-order valence-corrected chi connectivity index (χ4v) is 2.66. The normalized spacial score (nSPS) is 15.8. The van der Waals surface area contributed by atoms with Crippen molar-refractivity contribution in [2.45, 2.75) is 19.4 Å². The lowest BCUT2D eigenvalue weighted by Gasteiger charge is -2.13. The van der Waals surface area contributed by atoms with E-state index in [0.717, 1.165) is 29.0 Å². The smallest absolute Gasteiger partial charge is 0.337 e. The predicted molar refractivity (Wildman–Crippen MR) is 82.6 cm³/mol. The Morgan fingerprint density at radius 3 is 2.77 bits per heavy atom. The number of esters is 1. The molecule has 0 saturated carbocycles. The van der Waals surface area contributed by atoms with Crippen LogP contribution in [-0.4, -0.2) is 25.8 Å². The average molecular weight is 298 g/mol. The van der Waals surface area contributed by atoms with Gasteiger partial charge in [-0.25, -0.2) is 4.79 Å². The van der Waals surface area contributed by atoms with Crippen LogP contribution < -0.4 is 9.47 Å². The summed E-state index contributed by atoms with van der Waals surface area (Å²) in [6, 6.07) is 13.3. The van der Waals surface area contributed by atoms with Crippen LogP contribution in [0.1, 0.15) is 21.5 Å². The third-order valence-corrected chi connectivity index (χ3v) is 3.68. The fourth-order valence-electron chi connectivity index (χ4n) is 2.66. The first kappa shape index (κ1) is 14.4. The molecule has 1 heterocycles. The summed E-state index contributed by atoms with van der Waals surface area (Å²) in [5, 5.41) is 0. The van der Waals surface area contributed by atoms with E-state index in [1.165, 1.54) is 7.11 Å². The van der Waals surface area contributed by atoms with Crippen LogP contribution >= 0.6 is 0 Å². The molecular weight excluding hydrogens is 280 g/mol. The molecule has 1 aliphatic heterocycles. The highest BCUT2D eigenvalue weighted by Gasteiger charge is 2.26. The molecule has 2 aromatic carbocycles. The molecule has 4 nitrogen and oxygen atoms in total. The van der Waals surface area contributed by atoms with Crippen molar-refractivity contribution in [3.05, 3.63) is 59.2 Å². The van der Waals surface area contributed by atoms with Crippen molar-refractivity contribution in [3.8, 4) is 11.5 Å². The maximum atomic E-state index is 11.7. The first-order chi connectivity index (χ1) is 10.7. The number of aryl methyl sites for hydroxylation is 1. The molecule has 114 valence electrons. The summed E-state index contributed by atoms with van der Waals surface area (Å²) >= 11 is 0. The molecule has 0 N–H and O–H groups in total. The lowest BCUT2D eigenvalue weighted by molar-refractivity contribution is 0.0600. The zero-order valence-electron chi connectivity index (χ0n) is 12.7. The Labute approximate surface area is 129 Å². The highest BCUT2D eigenvalue weighted by atomic mass is 16.5. The van der Waals surface area contributed by atoms with Gasteiger partial charge in [-0.3, -0.25) is 0 Å². The number of benzene rings is 2. The Hall–Kier alpha value is -2.49. The van der Waals surface area contributed by atoms with Crippen LogP contribution in [0.4, 0.5) is 0 Å². The van der Waals surface area contributed by atoms with Gasteiger partial charge in [-0.1, -0.05) is 18.2 Å². The van der Waals surface area contributed by atoms with Crippen LogP contribution in [0, 0.1) is 6.92 Å². The number of hydrogen-bond donors (Lipinski definition) is 0. The molecule has 0 fully saturated rings. The molecule has 0 bridgehead atoms. The predicted octanol–water partition coefficient (Wildman–Crippen LogP) is 3.16. The second kappa shape index (κ2) is 6.10. The molecule has 1 unspecified atom stereocenters. The molecule has 0 aliphatic carbocycles. The van der Waals surface area contributed by atoms with Gasteiger partial charge in [-0.05, 0) is 42.3 Å². The van der Waals surface area contributed by atoms with Crippen LogP contribution in [-0.2, 0) is 11.2 Å². The van der Waals surface area contributed by atoms with Crippen molar-refractivity contribution in [3.63, 3.8) is 0 Å². The molecule has 2 aromatic rings. The summed E-state index contributed by atoms with van der Waals surface area (Å²) in [6.07, 6.45) is 0.690. The Morgan fingerprint density at radius 2 is 2.05 bits per heavy atom. The quantitative estimate of drug-likeness (QED) is 0.813. The molecule has 3 rings (SSSR count). The second-order valence-corrected chi connectivity index (χ2v) is 5.34. The van der Waals surface area contributed by atoms with E-state index in [1.807, 2.05) is 43.3 Å². The minimum atomic E-state index is -0.324. The molecule has 0 aromatic heterocycles. The summed E-state index contributed by atoms with van der Waals surface area (Å²) < 4.78 is 16.5. The van der Waals surface area contributed by atoms with E-state index < -0.39 is 0 Å². The van der Waals surface area contributed by atoms with E-state index in [2.05, 4.69) is 0 Å². The van der Waals surface area contributed by atoms with Crippen molar-refractivity contribution in [2.75, 3.05) is 13.7 Å². The molecule has 4 heteroatoms. The Bertz CT molecular complexity index is 679. The molecule has 22 heavy (non-hydrogen) atoms. The topological polar surface area (TPSA) is 44.8 Å². The first-order valence-electron chi connectivity index (χ1n) is 7.23. The monoisotopic (exact) mass is 298 g/mol. The van der Waals surface area contributed by atoms with Crippen LogP contribution in [0.5, 0.6) is 11.5 Å². The van der Waals surface area contributed by atoms with Crippen molar-refractivity contribution >= 4 is 5.97 Å². The third-order valence-electron chi connectivity index (χ3n) is 3.68. The average Bonchev–Trinajstić information content (AvgIpc) is 2.97. The molecule has 0 spiro atoms. The van der Waals surface area contributed by atoms with Gasteiger partial charge in [0.1, 0.15) is 24.2 Å². The van der Waals surface area contributed by atoms with Crippen LogP contribution in [0.2, 0.25) is 0 Å². The zero-order chi connectivity index (χ0) is 15.5. The number of rotatable bonds is 4. The first-order valence-corrected chi connectivity index (χ1v) is 7.23. The number of hydrogen-bond acceptors (Lipinski definition) is 4. The lowest BCUT2D eigenvalue weighted by atomic mass is 10.0. The van der Waals surface area contributed by atoms with Gasteiger partial charge in [0.05, 0.1) is 12.7 Å². The van der Waals surface area contributed by atoms with Gasteiger partial charge >= 0.3 is 5.97 Å². The molecule has 0 radical (unpaired) electrons. The minimum absolute atomic E-state index is 0.0400. The number of methoxy groups -OCH3 is 1. The highest BCUT2D eigenvalue weighted by molar-refractivity contribution is 5.90. The maximum Gasteiger partial charge on any atom is 0.337 e. The number of carbonyl (C=O) groups is 1. The van der Waals surface area contributed by atoms with Gasteiger partial charge in [0, 0.05) is 6.42 Å². The minimum Gasteiger partial charge on any atom is -0.490 e. The largest absolute Gasteiger partial charge is 0.490 e. The van der Waals surface area contributed by atoms with Crippen molar-refractivity contribution in [1.29, 1.82) is 0 Å². The van der Waals surface area contributed by atoms with Gasteiger partial charge in [0.15, 0.2) is 0 Å². The zero-order valence-corrected chi connectivity index (χ0v) is 12.7. The van der Waals surface area contributed by atoms with Crippen molar-refractivity contribution in [2.24, 2.45) is 0 Å². The van der Waals surface area contributed by atoms with Crippen LogP contribution in [0.15, 0.2) is 42.5 Å². The van der Waals surface area contributed by atoms with E-state index in [4.69, 9.17) is 14.2 Å². The maximum absolute atomic E-state index is 11.7. The highest BCUT2D eigenvalue weighted by Crippen LogP contribution is 2.33. The SMILES string of the molecule is COC(=O)c1cc(C)c2c(c1)CC(COc1ccccc1)O2. The van der Waals surface area contributed by atoms with Gasteiger partial charge in [-0.2, -0.15) is 0 Å². The number of para-hydroxylation sites is 1. The molecule has 1 atom stereocenters. The molecular formula is C18H18O4. The summed E-state index contributed by atoms with van der Waals surface area (Å²) in [4.78, 5) is 11.7. The van der Waals surface area contributed by atoms with Gasteiger partial charge in [0.25, 0.3) is 0 Å². The second-order valence-electron chi connectivity index (χ2n) is 5.34. The van der Waals surface area contributed by atoms with Crippen LogP contribution in [0.25, 0.3) is 0 Å². The number of fused-ring (bicyclic) bond motifs is 1.